The smallest absolute Gasteiger partial charge is 0.322 e. The Morgan fingerprint density at radius 3 is 2.44 bits per heavy atom. The number of amides is 2. The van der Waals surface area contributed by atoms with Gasteiger partial charge in [0.1, 0.15) is 23.9 Å². The van der Waals surface area contributed by atoms with Gasteiger partial charge in [0.25, 0.3) is 0 Å². The Bertz CT molecular complexity index is 946. The zero-order valence-corrected chi connectivity index (χ0v) is 19.0. The molecule has 32 heavy (non-hydrogen) atoms. The fourth-order valence-corrected chi connectivity index (χ4v) is 3.23. The predicted octanol–water partition coefficient (Wildman–Crippen LogP) is 4.60. The van der Waals surface area contributed by atoms with Crippen molar-refractivity contribution >= 4 is 36.5 Å². The quantitative estimate of drug-likeness (QED) is 0.543. The topological polar surface area (TPSA) is 75.7 Å². The van der Waals surface area contributed by atoms with Crippen LogP contribution in [0.1, 0.15) is 0 Å². The number of urea groups is 1. The van der Waals surface area contributed by atoms with E-state index in [0.29, 0.717) is 36.9 Å². The number of rotatable bonds is 6. The molecular formula is C23H26Cl2N4O3. The van der Waals surface area contributed by atoms with E-state index in [-0.39, 0.29) is 36.9 Å². The molecule has 2 N–H and O–H groups in total. The highest BCUT2D eigenvalue weighted by Gasteiger charge is 2.27. The molecular weight excluding hydrogens is 451 g/mol. The third-order valence-corrected chi connectivity index (χ3v) is 4.77. The van der Waals surface area contributed by atoms with E-state index in [1.807, 2.05) is 66.7 Å². The molecule has 3 aromatic rings. The van der Waals surface area contributed by atoms with Gasteiger partial charge < -0.3 is 25.0 Å². The second kappa shape index (κ2) is 12.8. The van der Waals surface area contributed by atoms with Crippen LogP contribution < -0.4 is 20.1 Å². The van der Waals surface area contributed by atoms with Gasteiger partial charge in [-0.1, -0.05) is 18.2 Å². The maximum Gasteiger partial charge on any atom is 0.322 e. The number of benzene rings is 2. The van der Waals surface area contributed by atoms with Crippen LogP contribution in [0.15, 0.2) is 79.1 Å². The number of carbonyl (C=O) groups excluding carboxylic acids is 1. The third kappa shape index (κ3) is 7.02. The number of pyridine rings is 1. The van der Waals surface area contributed by atoms with E-state index in [0.717, 1.165) is 12.3 Å². The van der Waals surface area contributed by atoms with Gasteiger partial charge in [0.2, 0.25) is 0 Å². The van der Waals surface area contributed by atoms with E-state index in [4.69, 9.17) is 9.47 Å². The molecule has 1 fully saturated rings. The minimum Gasteiger partial charge on any atom is -0.490 e. The van der Waals surface area contributed by atoms with Crippen LogP contribution in [0.25, 0.3) is 0 Å². The molecule has 0 bridgehead atoms. The van der Waals surface area contributed by atoms with Gasteiger partial charge >= 0.3 is 6.03 Å². The second-order valence-electron chi connectivity index (χ2n) is 6.92. The zero-order valence-electron chi connectivity index (χ0n) is 17.3. The van der Waals surface area contributed by atoms with E-state index in [9.17, 15) is 4.79 Å². The Morgan fingerprint density at radius 2 is 1.72 bits per heavy atom. The number of carbonyl (C=O) groups is 1. The monoisotopic (exact) mass is 476 g/mol. The first kappa shape index (κ1) is 25.3. The highest BCUT2D eigenvalue weighted by Crippen LogP contribution is 2.23. The summed E-state index contributed by atoms with van der Waals surface area (Å²) in [5.41, 5.74) is 0.714. The lowest BCUT2D eigenvalue weighted by molar-refractivity contribution is 0.133. The molecule has 170 valence electrons. The van der Waals surface area contributed by atoms with Gasteiger partial charge in [-0.25, -0.2) is 4.79 Å². The number of anilines is 1. The van der Waals surface area contributed by atoms with Crippen LogP contribution in [-0.4, -0.2) is 48.2 Å². The predicted molar refractivity (Wildman–Crippen MR) is 130 cm³/mol. The molecule has 1 aliphatic rings. The maximum atomic E-state index is 12.9. The average Bonchev–Trinajstić information content (AvgIpc) is 2.80. The summed E-state index contributed by atoms with van der Waals surface area (Å²) in [7, 11) is 0. The molecule has 0 aliphatic carbocycles. The summed E-state index contributed by atoms with van der Waals surface area (Å²) < 4.78 is 11.6. The fourth-order valence-electron chi connectivity index (χ4n) is 3.23. The lowest BCUT2D eigenvalue weighted by atomic mass is 10.2. The maximum absolute atomic E-state index is 12.9. The van der Waals surface area contributed by atoms with Crippen LogP contribution in [0.4, 0.5) is 10.5 Å². The number of halogens is 2. The summed E-state index contributed by atoms with van der Waals surface area (Å²) in [5, 5.41) is 6.28. The zero-order chi connectivity index (χ0) is 20.6. The summed E-state index contributed by atoms with van der Waals surface area (Å²) >= 11 is 0. The van der Waals surface area contributed by atoms with Crippen LogP contribution in [0.3, 0.4) is 0 Å². The van der Waals surface area contributed by atoms with E-state index >= 15 is 0 Å². The fraction of sp³-hybridized carbons (Fsp3) is 0.217. The molecule has 1 aliphatic heterocycles. The van der Waals surface area contributed by atoms with Crippen molar-refractivity contribution in [2.24, 2.45) is 0 Å². The number of hydrogen-bond acceptors (Lipinski definition) is 5. The largest absolute Gasteiger partial charge is 0.490 e. The van der Waals surface area contributed by atoms with Gasteiger partial charge in [0.15, 0.2) is 0 Å². The van der Waals surface area contributed by atoms with Crippen molar-refractivity contribution in [3.8, 4) is 17.2 Å². The highest BCUT2D eigenvalue weighted by molar-refractivity contribution is 5.89. The van der Waals surface area contributed by atoms with Crippen molar-refractivity contribution < 1.29 is 14.3 Å². The molecule has 1 atom stereocenters. The Morgan fingerprint density at radius 1 is 1.00 bits per heavy atom. The molecule has 1 aromatic heterocycles. The van der Waals surface area contributed by atoms with Gasteiger partial charge in [-0.2, -0.15) is 0 Å². The summed E-state index contributed by atoms with van der Waals surface area (Å²) in [6.45, 7) is 2.44. The third-order valence-electron chi connectivity index (χ3n) is 4.77. The summed E-state index contributed by atoms with van der Waals surface area (Å²) in [6.07, 6.45) is 3.37. The SMILES string of the molecule is Cl.Cl.O=C(Nc1ccc(Oc2ccccc2)cc1)N1CCNC[C@@H]1COc1cccnc1. The number of ether oxygens (including phenoxy) is 2. The molecule has 0 saturated carbocycles. The summed E-state index contributed by atoms with van der Waals surface area (Å²) in [5.74, 6) is 2.17. The van der Waals surface area contributed by atoms with Crippen LogP contribution in [0, 0.1) is 0 Å². The molecule has 0 spiro atoms. The van der Waals surface area contributed by atoms with E-state index < -0.39 is 0 Å². The van der Waals surface area contributed by atoms with Crippen molar-refractivity contribution in [2.75, 3.05) is 31.6 Å². The lowest BCUT2D eigenvalue weighted by Crippen LogP contribution is -2.57. The standard InChI is InChI=1S/C23H24N4O3.2ClH/c28-23(26-18-8-10-21(11-9-18)30-20-5-2-1-3-6-20)27-14-13-25-15-19(27)17-29-22-7-4-12-24-16-22;;/h1-12,16,19,25H,13-15,17H2,(H,26,28);2*1H/t19-;;/m1../s1. The molecule has 2 aromatic carbocycles. The number of nitrogens with one attached hydrogen (secondary N) is 2. The van der Waals surface area contributed by atoms with E-state index in [2.05, 4.69) is 15.6 Å². The Kier molecular flexibility index (Phi) is 10.1. The first-order chi connectivity index (χ1) is 14.8. The van der Waals surface area contributed by atoms with E-state index in [1.54, 1.807) is 17.3 Å². The Labute approximate surface area is 200 Å². The minimum absolute atomic E-state index is 0. The van der Waals surface area contributed by atoms with Crippen molar-refractivity contribution in [1.82, 2.24) is 15.2 Å². The van der Waals surface area contributed by atoms with Gasteiger partial charge in [-0.05, 0) is 48.5 Å². The van der Waals surface area contributed by atoms with Crippen molar-refractivity contribution in [3.63, 3.8) is 0 Å². The van der Waals surface area contributed by atoms with Gasteiger partial charge in [0.05, 0.1) is 12.2 Å². The first-order valence-electron chi connectivity index (χ1n) is 9.92. The molecule has 0 radical (unpaired) electrons. The molecule has 9 heteroatoms. The van der Waals surface area contributed by atoms with Crippen molar-refractivity contribution in [2.45, 2.75) is 6.04 Å². The first-order valence-corrected chi connectivity index (χ1v) is 9.92. The number of aromatic nitrogens is 1. The Hall–Kier alpha value is -3.00. The molecule has 1 saturated heterocycles. The molecule has 2 heterocycles. The number of para-hydroxylation sites is 1. The normalized spacial score (nSPS) is 15.0. The van der Waals surface area contributed by atoms with Crippen LogP contribution in [0.5, 0.6) is 17.2 Å². The van der Waals surface area contributed by atoms with Crippen LogP contribution in [0.2, 0.25) is 0 Å². The molecule has 7 nitrogen and oxygen atoms in total. The average molecular weight is 477 g/mol. The molecule has 0 unspecified atom stereocenters. The van der Waals surface area contributed by atoms with Gasteiger partial charge in [-0.15, -0.1) is 24.8 Å². The van der Waals surface area contributed by atoms with Crippen molar-refractivity contribution in [3.05, 3.63) is 79.1 Å². The van der Waals surface area contributed by atoms with Crippen molar-refractivity contribution in [1.29, 1.82) is 0 Å². The van der Waals surface area contributed by atoms with Crippen LogP contribution in [-0.2, 0) is 0 Å². The Balaban J connectivity index is 0.00000181. The number of piperazine rings is 1. The van der Waals surface area contributed by atoms with Gasteiger partial charge in [-0.3, -0.25) is 4.98 Å². The van der Waals surface area contributed by atoms with E-state index in [1.165, 1.54) is 0 Å². The molecule has 4 rings (SSSR count). The molecule has 2 amide bonds. The number of hydrogen-bond donors (Lipinski definition) is 2. The highest BCUT2D eigenvalue weighted by atomic mass is 35.5. The lowest BCUT2D eigenvalue weighted by Gasteiger charge is -2.35. The second-order valence-corrected chi connectivity index (χ2v) is 6.92. The number of nitrogens with zero attached hydrogens (tertiary/aromatic N) is 2. The van der Waals surface area contributed by atoms with Gasteiger partial charge in [0, 0.05) is 31.5 Å². The summed E-state index contributed by atoms with van der Waals surface area (Å²) in [4.78, 5) is 18.7. The van der Waals surface area contributed by atoms with Crippen LogP contribution >= 0.6 is 24.8 Å². The minimum atomic E-state index is -0.145. The summed E-state index contributed by atoms with van der Waals surface area (Å²) in [6, 6.07) is 20.4.